The van der Waals surface area contributed by atoms with Crippen molar-refractivity contribution in [3.8, 4) is 5.88 Å². The van der Waals surface area contributed by atoms with E-state index < -0.39 is 11.2 Å². The quantitative estimate of drug-likeness (QED) is 0.799. The molecule has 2 aromatic rings. The van der Waals surface area contributed by atoms with E-state index in [0.29, 0.717) is 12.3 Å². The third-order valence-corrected chi connectivity index (χ3v) is 4.27. The fourth-order valence-electron chi connectivity index (χ4n) is 2.90. The highest BCUT2D eigenvalue weighted by Gasteiger charge is 2.19. The van der Waals surface area contributed by atoms with Gasteiger partial charge in [-0.3, -0.25) is 19.3 Å². The van der Waals surface area contributed by atoms with Crippen molar-refractivity contribution >= 4 is 5.71 Å². The molecule has 1 aliphatic heterocycles. The van der Waals surface area contributed by atoms with E-state index in [1.165, 1.54) is 0 Å². The maximum atomic E-state index is 12.2. The van der Waals surface area contributed by atoms with Crippen LogP contribution in [0.15, 0.2) is 44.9 Å². The average Bonchev–Trinajstić information content (AvgIpc) is 3.11. The Morgan fingerprint density at radius 1 is 1.36 bits per heavy atom. The fourth-order valence-corrected chi connectivity index (χ4v) is 2.90. The first kappa shape index (κ1) is 17.2. The lowest BCUT2D eigenvalue weighted by Gasteiger charge is -2.12. The molecule has 1 fully saturated rings. The van der Waals surface area contributed by atoms with Crippen LogP contribution in [0.4, 0.5) is 0 Å². The summed E-state index contributed by atoms with van der Waals surface area (Å²) in [6.07, 6.45) is 1.99. The maximum Gasteiger partial charge on any atom is 0.331 e. The minimum atomic E-state index is -0.651. The van der Waals surface area contributed by atoms with E-state index in [4.69, 9.17) is 4.74 Å². The van der Waals surface area contributed by atoms with Gasteiger partial charge < -0.3 is 9.84 Å². The van der Waals surface area contributed by atoms with Gasteiger partial charge in [-0.25, -0.2) is 4.79 Å². The highest BCUT2D eigenvalue weighted by atomic mass is 16.5. The number of aromatic hydroxyl groups is 1. The van der Waals surface area contributed by atoms with Crippen LogP contribution in [-0.4, -0.2) is 39.6 Å². The molecule has 1 aromatic heterocycles. The Hall–Kier alpha value is -2.67. The summed E-state index contributed by atoms with van der Waals surface area (Å²) in [6.45, 7) is 2.97. The Morgan fingerprint density at radius 2 is 2.12 bits per heavy atom. The summed E-state index contributed by atoms with van der Waals surface area (Å²) >= 11 is 0. The zero-order valence-electron chi connectivity index (χ0n) is 14.1. The molecule has 0 bridgehead atoms. The Kier molecular flexibility index (Phi) is 5.14. The highest BCUT2D eigenvalue weighted by Crippen LogP contribution is 2.15. The topological polar surface area (TPSA) is 96.7 Å². The first-order valence-electron chi connectivity index (χ1n) is 8.29. The third kappa shape index (κ3) is 3.88. The molecule has 2 N–H and O–H groups in total. The predicted octanol–water partition coefficient (Wildman–Crippen LogP) is 1.28. The molecular formula is C18H21N3O4. The van der Waals surface area contributed by atoms with E-state index in [-0.39, 0.29) is 24.1 Å². The van der Waals surface area contributed by atoms with Gasteiger partial charge in [-0.15, -0.1) is 0 Å². The molecule has 1 aromatic carbocycles. The van der Waals surface area contributed by atoms with Gasteiger partial charge >= 0.3 is 5.69 Å². The second-order valence-electron chi connectivity index (χ2n) is 6.09. The molecule has 0 saturated carbocycles. The predicted molar refractivity (Wildman–Crippen MR) is 94.6 cm³/mol. The first-order chi connectivity index (χ1) is 12.1. The highest BCUT2D eigenvalue weighted by molar-refractivity contribution is 6.00. The van der Waals surface area contributed by atoms with Crippen molar-refractivity contribution in [1.82, 2.24) is 9.55 Å². The number of aromatic amines is 1. The summed E-state index contributed by atoms with van der Waals surface area (Å²) in [5.74, 6) is -0.369. The molecule has 0 amide bonds. The molecule has 1 atom stereocenters. The zero-order valence-corrected chi connectivity index (χ0v) is 14.1. The first-order valence-corrected chi connectivity index (χ1v) is 8.29. The van der Waals surface area contributed by atoms with Crippen LogP contribution in [0.1, 0.15) is 30.9 Å². The molecule has 0 aliphatic carbocycles. The summed E-state index contributed by atoms with van der Waals surface area (Å²) in [4.78, 5) is 30.9. The third-order valence-electron chi connectivity index (χ3n) is 4.27. The fraction of sp³-hybridized carbons (Fsp3) is 0.389. The van der Waals surface area contributed by atoms with Gasteiger partial charge in [0.1, 0.15) is 5.56 Å². The lowest BCUT2D eigenvalue weighted by molar-refractivity contribution is 0.118. The largest absolute Gasteiger partial charge is 0.494 e. The van der Waals surface area contributed by atoms with Crippen LogP contribution in [0.2, 0.25) is 0 Å². The van der Waals surface area contributed by atoms with Crippen LogP contribution < -0.4 is 11.2 Å². The summed E-state index contributed by atoms with van der Waals surface area (Å²) in [7, 11) is 0. The molecule has 1 aliphatic rings. The zero-order chi connectivity index (χ0) is 17.8. The number of H-pyrrole nitrogens is 1. The van der Waals surface area contributed by atoms with Gasteiger partial charge in [-0.1, -0.05) is 30.3 Å². The van der Waals surface area contributed by atoms with Crippen molar-refractivity contribution in [2.24, 2.45) is 4.99 Å². The minimum absolute atomic E-state index is 0.0218. The lowest BCUT2D eigenvalue weighted by Crippen LogP contribution is -2.34. The standard InChI is InChI=1S/C18H21N3O4/c1-12(19-10-14-8-5-9-25-14)15-16(22)20-18(24)21(17(15)23)11-13-6-3-2-4-7-13/h2-4,6-7,14,23H,5,8-11H2,1H3,(H,20,22,24)/t14-/m1/s1. The molecule has 132 valence electrons. The SMILES string of the molecule is CC(=NC[C@H]1CCCO1)c1c(O)n(Cc2ccccc2)c(=O)[nH]c1=O. The van der Waals surface area contributed by atoms with Crippen LogP contribution in [0.3, 0.4) is 0 Å². The van der Waals surface area contributed by atoms with Gasteiger partial charge in [0.05, 0.1) is 19.2 Å². The van der Waals surface area contributed by atoms with Crippen molar-refractivity contribution < 1.29 is 9.84 Å². The van der Waals surface area contributed by atoms with Gasteiger partial charge in [0.2, 0.25) is 5.88 Å². The average molecular weight is 343 g/mol. The van der Waals surface area contributed by atoms with Crippen molar-refractivity contribution in [3.63, 3.8) is 0 Å². The number of rotatable bonds is 5. The molecule has 0 radical (unpaired) electrons. The summed E-state index contributed by atoms with van der Waals surface area (Å²) < 4.78 is 6.65. The molecule has 1 saturated heterocycles. The summed E-state index contributed by atoms with van der Waals surface area (Å²) in [5, 5.41) is 10.5. The van der Waals surface area contributed by atoms with Crippen LogP contribution in [-0.2, 0) is 11.3 Å². The molecule has 0 unspecified atom stereocenters. The van der Waals surface area contributed by atoms with Crippen molar-refractivity contribution in [3.05, 3.63) is 62.3 Å². The second kappa shape index (κ2) is 7.48. The molecule has 2 heterocycles. The Morgan fingerprint density at radius 3 is 2.80 bits per heavy atom. The number of ether oxygens (including phenoxy) is 1. The van der Waals surface area contributed by atoms with Gasteiger partial charge in [0.15, 0.2) is 0 Å². The maximum absolute atomic E-state index is 12.2. The Labute approximate surface area is 144 Å². The molecular weight excluding hydrogens is 322 g/mol. The number of aliphatic imine (C=N–C) groups is 1. The van der Waals surface area contributed by atoms with Crippen LogP contribution in [0, 0.1) is 0 Å². The Balaban J connectivity index is 1.93. The van der Waals surface area contributed by atoms with E-state index in [0.717, 1.165) is 29.6 Å². The Bertz CT molecular complexity index is 877. The summed E-state index contributed by atoms with van der Waals surface area (Å²) in [6, 6.07) is 9.24. The van der Waals surface area contributed by atoms with Crippen LogP contribution in [0.5, 0.6) is 5.88 Å². The normalized spacial score (nSPS) is 17.8. The van der Waals surface area contributed by atoms with Crippen molar-refractivity contribution in [2.75, 3.05) is 13.2 Å². The van der Waals surface area contributed by atoms with Crippen LogP contribution >= 0.6 is 0 Å². The van der Waals surface area contributed by atoms with Gasteiger partial charge in [0.25, 0.3) is 5.56 Å². The summed E-state index contributed by atoms with van der Waals surface area (Å²) in [5.41, 5.74) is -0.0427. The van der Waals surface area contributed by atoms with E-state index >= 15 is 0 Å². The lowest BCUT2D eigenvalue weighted by atomic mass is 10.2. The number of nitrogens with one attached hydrogen (secondary N) is 1. The monoisotopic (exact) mass is 343 g/mol. The van der Waals surface area contributed by atoms with E-state index in [2.05, 4.69) is 9.98 Å². The smallest absolute Gasteiger partial charge is 0.331 e. The number of hydrogen-bond acceptors (Lipinski definition) is 5. The number of hydrogen-bond donors (Lipinski definition) is 2. The van der Waals surface area contributed by atoms with Gasteiger partial charge in [-0.2, -0.15) is 0 Å². The molecule has 25 heavy (non-hydrogen) atoms. The van der Waals surface area contributed by atoms with E-state index in [1.54, 1.807) is 6.92 Å². The number of aromatic nitrogens is 2. The van der Waals surface area contributed by atoms with Gasteiger partial charge in [-0.05, 0) is 25.3 Å². The number of nitrogens with zero attached hydrogens (tertiary/aromatic N) is 2. The van der Waals surface area contributed by atoms with Gasteiger partial charge in [0, 0.05) is 12.3 Å². The second-order valence-corrected chi connectivity index (χ2v) is 6.09. The molecule has 0 spiro atoms. The van der Waals surface area contributed by atoms with Crippen molar-refractivity contribution in [2.45, 2.75) is 32.4 Å². The van der Waals surface area contributed by atoms with E-state index in [1.807, 2.05) is 30.3 Å². The molecule has 7 nitrogen and oxygen atoms in total. The van der Waals surface area contributed by atoms with Crippen LogP contribution in [0.25, 0.3) is 0 Å². The molecule has 7 heteroatoms. The van der Waals surface area contributed by atoms with E-state index in [9.17, 15) is 14.7 Å². The molecule has 3 rings (SSSR count). The van der Waals surface area contributed by atoms with Crippen molar-refractivity contribution in [1.29, 1.82) is 0 Å². The minimum Gasteiger partial charge on any atom is -0.494 e. The number of benzene rings is 1.